The molecule has 0 amide bonds. The van der Waals surface area contributed by atoms with Gasteiger partial charge in [-0.15, -0.1) is 0 Å². The Bertz CT molecular complexity index is 96.1. The van der Waals surface area contributed by atoms with Crippen LogP contribution in [0.5, 0.6) is 0 Å². The molecule has 0 spiro atoms. The Morgan fingerprint density at radius 3 is 2.54 bits per heavy atom. The van der Waals surface area contributed by atoms with E-state index < -0.39 is 0 Å². The molecule has 0 radical (unpaired) electrons. The van der Waals surface area contributed by atoms with Gasteiger partial charge in [-0.05, 0) is 44.2 Å². The van der Waals surface area contributed by atoms with Gasteiger partial charge in [0.25, 0.3) is 0 Å². The predicted molar refractivity (Wildman–Crippen MR) is 64.6 cm³/mol. The minimum Gasteiger partial charge on any atom is -0.314 e. The van der Waals surface area contributed by atoms with Crippen LogP contribution < -0.4 is 5.32 Å². The third-order valence-corrected chi connectivity index (χ3v) is 3.04. The van der Waals surface area contributed by atoms with Crippen molar-refractivity contribution in [3.05, 3.63) is 0 Å². The van der Waals surface area contributed by atoms with E-state index >= 15 is 0 Å². The second kappa shape index (κ2) is 10.4. The fourth-order valence-electron chi connectivity index (χ4n) is 1.48. The zero-order chi connectivity index (χ0) is 9.94. The molecule has 0 fully saturated rings. The van der Waals surface area contributed by atoms with Gasteiger partial charge in [-0.2, -0.15) is 11.8 Å². The Morgan fingerprint density at radius 2 is 2.00 bits per heavy atom. The summed E-state index contributed by atoms with van der Waals surface area (Å²) in [5, 5.41) is 3.62. The van der Waals surface area contributed by atoms with Crippen molar-refractivity contribution in [2.75, 3.05) is 18.6 Å². The largest absolute Gasteiger partial charge is 0.314 e. The van der Waals surface area contributed by atoms with Crippen LogP contribution in [-0.2, 0) is 0 Å². The number of hydrogen-bond acceptors (Lipinski definition) is 2. The molecule has 0 aliphatic carbocycles. The van der Waals surface area contributed by atoms with Gasteiger partial charge in [-0.3, -0.25) is 0 Å². The molecule has 0 rings (SSSR count). The van der Waals surface area contributed by atoms with Gasteiger partial charge in [-0.25, -0.2) is 0 Å². The molecule has 80 valence electrons. The normalized spacial score (nSPS) is 13.2. The molecular formula is C11H25NS. The van der Waals surface area contributed by atoms with Crippen molar-refractivity contribution in [1.29, 1.82) is 0 Å². The van der Waals surface area contributed by atoms with Gasteiger partial charge in [0.2, 0.25) is 0 Å². The van der Waals surface area contributed by atoms with Crippen LogP contribution in [0.2, 0.25) is 0 Å². The lowest BCUT2D eigenvalue weighted by Gasteiger charge is -2.15. The summed E-state index contributed by atoms with van der Waals surface area (Å²) >= 11 is 1.95. The van der Waals surface area contributed by atoms with Crippen LogP contribution in [0, 0.1) is 0 Å². The van der Waals surface area contributed by atoms with Crippen LogP contribution >= 0.6 is 11.8 Å². The Kier molecular flexibility index (Phi) is 10.6. The lowest BCUT2D eigenvalue weighted by Crippen LogP contribution is -2.29. The molecule has 1 N–H and O–H groups in total. The van der Waals surface area contributed by atoms with Crippen molar-refractivity contribution in [1.82, 2.24) is 5.32 Å². The van der Waals surface area contributed by atoms with Crippen molar-refractivity contribution in [3.63, 3.8) is 0 Å². The van der Waals surface area contributed by atoms with Crippen molar-refractivity contribution < 1.29 is 0 Å². The van der Waals surface area contributed by atoms with E-state index in [1.54, 1.807) is 0 Å². The lowest BCUT2D eigenvalue weighted by atomic mass is 10.1. The maximum atomic E-state index is 3.62. The number of unbranched alkanes of at least 4 members (excludes halogenated alkanes) is 1. The summed E-state index contributed by atoms with van der Waals surface area (Å²) in [4.78, 5) is 0. The van der Waals surface area contributed by atoms with Gasteiger partial charge in [0, 0.05) is 6.04 Å². The van der Waals surface area contributed by atoms with E-state index in [0.717, 1.165) is 6.04 Å². The highest BCUT2D eigenvalue weighted by atomic mass is 32.2. The third kappa shape index (κ3) is 8.63. The molecule has 0 saturated heterocycles. The molecule has 13 heavy (non-hydrogen) atoms. The fourth-order valence-corrected chi connectivity index (χ4v) is 1.97. The fraction of sp³-hybridized carbons (Fsp3) is 1.00. The molecule has 1 nitrogen and oxygen atoms in total. The van der Waals surface area contributed by atoms with Gasteiger partial charge in [-0.1, -0.05) is 20.3 Å². The summed E-state index contributed by atoms with van der Waals surface area (Å²) < 4.78 is 0. The first-order valence-electron chi connectivity index (χ1n) is 5.57. The Morgan fingerprint density at radius 1 is 1.23 bits per heavy atom. The molecule has 0 aromatic carbocycles. The SMILES string of the molecule is CCCC(CC)NCCCCSC. The number of nitrogens with one attached hydrogen (secondary N) is 1. The van der Waals surface area contributed by atoms with Crippen molar-refractivity contribution in [3.8, 4) is 0 Å². The van der Waals surface area contributed by atoms with Crippen LogP contribution in [-0.4, -0.2) is 24.6 Å². The molecule has 1 atom stereocenters. The molecule has 2 heteroatoms. The van der Waals surface area contributed by atoms with Gasteiger partial charge < -0.3 is 5.32 Å². The second-order valence-corrected chi connectivity index (χ2v) is 4.53. The summed E-state index contributed by atoms with van der Waals surface area (Å²) in [5.74, 6) is 1.31. The minimum absolute atomic E-state index is 0.763. The van der Waals surface area contributed by atoms with Gasteiger partial charge in [0.1, 0.15) is 0 Å². The topological polar surface area (TPSA) is 12.0 Å². The zero-order valence-corrected chi connectivity index (χ0v) is 10.3. The molecule has 0 aromatic rings. The summed E-state index contributed by atoms with van der Waals surface area (Å²) in [6.07, 6.45) is 8.78. The molecule has 0 heterocycles. The van der Waals surface area contributed by atoms with Gasteiger partial charge in [0.15, 0.2) is 0 Å². The Balaban J connectivity index is 3.17. The van der Waals surface area contributed by atoms with Crippen LogP contribution in [0.4, 0.5) is 0 Å². The maximum absolute atomic E-state index is 3.62. The van der Waals surface area contributed by atoms with Gasteiger partial charge in [0.05, 0.1) is 0 Å². The molecule has 0 saturated carbocycles. The van der Waals surface area contributed by atoms with Crippen LogP contribution in [0.25, 0.3) is 0 Å². The lowest BCUT2D eigenvalue weighted by molar-refractivity contribution is 0.458. The molecule has 0 aliphatic heterocycles. The summed E-state index contributed by atoms with van der Waals surface area (Å²) in [6, 6.07) is 0.763. The quantitative estimate of drug-likeness (QED) is 0.577. The molecule has 0 bridgehead atoms. The molecule has 0 aliphatic rings. The third-order valence-electron chi connectivity index (χ3n) is 2.34. The van der Waals surface area contributed by atoms with Crippen molar-refractivity contribution >= 4 is 11.8 Å². The van der Waals surface area contributed by atoms with E-state index in [2.05, 4.69) is 25.4 Å². The van der Waals surface area contributed by atoms with E-state index in [-0.39, 0.29) is 0 Å². The van der Waals surface area contributed by atoms with Gasteiger partial charge >= 0.3 is 0 Å². The van der Waals surface area contributed by atoms with E-state index in [0.29, 0.717) is 0 Å². The summed E-state index contributed by atoms with van der Waals surface area (Å²) in [5.41, 5.74) is 0. The monoisotopic (exact) mass is 203 g/mol. The van der Waals surface area contributed by atoms with E-state index in [4.69, 9.17) is 0 Å². The second-order valence-electron chi connectivity index (χ2n) is 3.55. The Labute approximate surface area is 88.1 Å². The number of hydrogen-bond donors (Lipinski definition) is 1. The predicted octanol–water partition coefficient (Wildman–Crippen LogP) is 3.30. The number of rotatable bonds is 9. The smallest absolute Gasteiger partial charge is 0.00643 e. The minimum atomic E-state index is 0.763. The molecule has 1 unspecified atom stereocenters. The highest BCUT2D eigenvalue weighted by molar-refractivity contribution is 7.98. The maximum Gasteiger partial charge on any atom is 0.00643 e. The highest BCUT2D eigenvalue weighted by Gasteiger charge is 2.02. The average molecular weight is 203 g/mol. The van der Waals surface area contributed by atoms with Crippen LogP contribution in [0.1, 0.15) is 46.0 Å². The zero-order valence-electron chi connectivity index (χ0n) is 9.44. The summed E-state index contributed by atoms with van der Waals surface area (Å²) in [7, 11) is 0. The van der Waals surface area contributed by atoms with E-state index in [9.17, 15) is 0 Å². The first kappa shape index (κ1) is 13.3. The first-order valence-corrected chi connectivity index (χ1v) is 6.96. The van der Waals surface area contributed by atoms with Crippen molar-refractivity contribution in [2.24, 2.45) is 0 Å². The summed E-state index contributed by atoms with van der Waals surface area (Å²) in [6.45, 7) is 5.74. The Hall–Kier alpha value is 0.310. The standard InChI is InChI=1S/C11H25NS/c1-4-8-11(5-2)12-9-6-7-10-13-3/h11-12H,4-10H2,1-3H3. The number of thioether (sulfide) groups is 1. The van der Waals surface area contributed by atoms with Crippen LogP contribution in [0.15, 0.2) is 0 Å². The highest BCUT2D eigenvalue weighted by Crippen LogP contribution is 2.02. The van der Waals surface area contributed by atoms with E-state index in [1.807, 2.05) is 11.8 Å². The molecular weight excluding hydrogens is 178 g/mol. The first-order chi connectivity index (χ1) is 6.35. The van der Waals surface area contributed by atoms with E-state index in [1.165, 1.54) is 44.4 Å². The van der Waals surface area contributed by atoms with Crippen molar-refractivity contribution in [2.45, 2.75) is 52.0 Å². The average Bonchev–Trinajstić information content (AvgIpc) is 2.16. The van der Waals surface area contributed by atoms with Crippen LogP contribution in [0.3, 0.4) is 0 Å². The molecule has 0 aromatic heterocycles.